The molecule has 1 aromatic rings. The second-order valence-electron chi connectivity index (χ2n) is 6.62. The Morgan fingerprint density at radius 1 is 1.35 bits per heavy atom. The molecule has 7 nitrogen and oxygen atoms in total. The first kappa shape index (κ1) is 18.0. The van der Waals surface area contributed by atoms with Crippen LogP contribution in [0.1, 0.15) is 29.6 Å². The van der Waals surface area contributed by atoms with Crippen molar-refractivity contribution in [1.82, 2.24) is 15.5 Å². The lowest BCUT2D eigenvalue weighted by molar-refractivity contribution is -0.135. The van der Waals surface area contributed by atoms with Crippen molar-refractivity contribution < 1.29 is 19.1 Å². The Morgan fingerprint density at radius 3 is 2.96 bits per heavy atom. The summed E-state index contributed by atoms with van der Waals surface area (Å²) in [7, 11) is 0. The molecule has 2 aliphatic rings. The Labute approximate surface area is 152 Å². The smallest absolute Gasteiger partial charge is 0.255 e. The summed E-state index contributed by atoms with van der Waals surface area (Å²) in [5.74, 6) is 0.0681. The molecule has 2 heterocycles. The Balaban J connectivity index is 1.73. The summed E-state index contributed by atoms with van der Waals surface area (Å²) >= 11 is 0. The molecule has 1 spiro atoms. The lowest BCUT2D eigenvalue weighted by Crippen LogP contribution is -2.46. The Hall–Kier alpha value is -2.83. The van der Waals surface area contributed by atoms with Crippen molar-refractivity contribution in [1.29, 1.82) is 0 Å². The van der Waals surface area contributed by atoms with Crippen LogP contribution in [0.3, 0.4) is 0 Å². The van der Waals surface area contributed by atoms with E-state index in [2.05, 4.69) is 17.2 Å². The van der Waals surface area contributed by atoms with Crippen LogP contribution >= 0.6 is 0 Å². The van der Waals surface area contributed by atoms with Crippen LogP contribution in [0.15, 0.2) is 36.9 Å². The molecule has 1 aromatic carbocycles. The minimum atomic E-state index is -0.649. The zero-order chi connectivity index (χ0) is 18.6. The summed E-state index contributed by atoms with van der Waals surface area (Å²) in [5.41, 5.74) is -0.148. The van der Waals surface area contributed by atoms with E-state index >= 15 is 0 Å². The maximum atomic E-state index is 12.4. The number of para-hydroxylation sites is 1. The quantitative estimate of drug-likeness (QED) is 0.783. The van der Waals surface area contributed by atoms with Gasteiger partial charge in [0.1, 0.15) is 11.4 Å². The van der Waals surface area contributed by atoms with E-state index in [4.69, 9.17) is 4.74 Å². The third kappa shape index (κ3) is 3.87. The normalized spacial score (nSPS) is 22.5. The molecule has 2 N–H and O–H groups in total. The van der Waals surface area contributed by atoms with Crippen molar-refractivity contribution in [2.45, 2.75) is 24.9 Å². The monoisotopic (exact) mass is 357 g/mol. The number of carbonyl (C=O) groups is 3. The van der Waals surface area contributed by atoms with Crippen LogP contribution in [-0.2, 0) is 9.59 Å². The molecule has 0 aliphatic carbocycles. The molecule has 1 saturated heterocycles. The first-order valence-electron chi connectivity index (χ1n) is 8.75. The van der Waals surface area contributed by atoms with Crippen molar-refractivity contribution in [3.05, 3.63) is 42.5 Å². The predicted octanol–water partition coefficient (Wildman–Crippen LogP) is 0.862. The Morgan fingerprint density at radius 2 is 2.15 bits per heavy atom. The van der Waals surface area contributed by atoms with Crippen LogP contribution < -0.4 is 15.4 Å². The van der Waals surface area contributed by atoms with Gasteiger partial charge in [0.25, 0.3) is 5.91 Å². The number of nitrogens with zero attached hydrogens (tertiary/aromatic N) is 1. The van der Waals surface area contributed by atoms with Gasteiger partial charge in [0.05, 0.1) is 18.7 Å². The van der Waals surface area contributed by atoms with E-state index in [9.17, 15) is 14.4 Å². The molecule has 26 heavy (non-hydrogen) atoms. The molecule has 7 heteroatoms. The van der Waals surface area contributed by atoms with E-state index in [1.807, 2.05) is 6.07 Å². The lowest BCUT2D eigenvalue weighted by Gasteiger charge is -2.32. The fourth-order valence-electron chi connectivity index (χ4n) is 3.29. The van der Waals surface area contributed by atoms with E-state index in [0.717, 1.165) is 0 Å². The van der Waals surface area contributed by atoms with Crippen molar-refractivity contribution in [2.24, 2.45) is 0 Å². The number of carbonyl (C=O) groups excluding carboxylic acids is 3. The molecule has 0 unspecified atom stereocenters. The molecule has 2 aliphatic heterocycles. The molecular weight excluding hydrogens is 334 g/mol. The van der Waals surface area contributed by atoms with Crippen molar-refractivity contribution in [2.75, 3.05) is 26.2 Å². The standard InChI is InChI=1S/C19H23N3O4/c1-2-10-20-16(23)12-22-11-9-19(8-7-17(22)24)13-21-18(25)14-5-3-4-6-15(14)26-19/h2-6H,1,7-13H2,(H,20,23)(H,21,25)/t19-/m1/s1. The van der Waals surface area contributed by atoms with Crippen molar-refractivity contribution in [3.63, 3.8) is 0 Å². The summed E-state index contributed by atoms with van der Waals surface area (Å²) in [6, 6.07) is 7.11. The average Bonchev–Trinajstić information content (AvgIpc) is 2.88. The summed E-state index contributed by atoms with van der Waals surface area (Å²) in [4.78, 5) is 38.2. The highest BCUT2D eigenvalue weighted by Crippen LogP contribution is 2.33. The summed E-state index contributed by atoms with van der Waals surface area (Å²) in [6.45, 7) is 4.68. The van der Waals surface area contributed by atoms with Gasteiger partial charge in [-0.3, -0.25) is 14.4 Å². The first-order chi connectivity index (χ1) is 12.5. The molecule has 0 radical (unpaired) electrons. The zero-order valence-electron chi connectivity index (χ0n) is 14.6. The van der Waals surface area contributed by atoms with E-state index in [-0.39, 0.29) is 30.7 Å². The number of rotatable bonds is 4. The van der Waals surface area contributed by atoms with Gasteiger partial charge in [0.2, 0.25) is 11.8 Å². The Kier molecular flexibility index (Phi) is 5.25. The molecule has 0 saturated carbocycles. The molecule has 3 amide bonds. The van der Waals surface area contributed by atoms with Crippen molar-refractivity contribution in [3.8, 4) is 5.75 Å². The van der Waals surface area contributed by atoms with Crippen LogP contribution in [0.5, 0.6) is 5.75 Å². The number of hydrogen-bond acceptors (Lipinski definition) is 4. The van der Waals surface area contributed by atoms with Crippen LogP contribution in [0, 0.1) is 0 Å². The van der Waals surface area contributed by atoms with Gasteiger partial charge in [0.15, 0.2) is 0 Å². The van der Waals surface area contributed by atoms with Gasteiger partial charge in [-0.2, -0.15) is 0 Å². The van der Waals surface area contributed by atoms with Crippen LogP contribution in [0.4, 0.5) is 0 Å². The molecule has 0 aromatic heterocycles. The summed E-state index contributed by atoms with van der Waals surface area (Å²) in [6.07, 6.45) is 2.90. The SMILES string of the molecule is C=CCNC(=O)CN1CC[C@]2(CCC1=O)CNC(=O)c1ccccc1O2. The largest absolute Gasteiger partial charge is 0.485 e. The third-order valence-corrected chi connectivity index (χ3v) is 4.79. The van der Waals surface area contributed by atoms with Crippen LogP contribution in [0.2, 0.25) is 0 Å². The fourth-order valence-corrected chi connectivity index (χ4v) is 3.29. The van der Waals surface area contributed by atoms with E-state index in [1.54, 1.807) is 29.2 Å². The van der Waals surface area contributed by atoms with Crippen LogP contribution in [0.25, 0.3) is 0 Å². The maximum Gasteiger partial charge on any atom is 0.255 e. The van der Waals surface area contributed by atoms with Gasteiger partial charge in [-0.25, -0.2) is 0 Å². The molecule has 1 atom stereocenters. The van der Waals surface area contributed by atoms with Crippen molar-refractivity contribution >= 4 is 17.7 Å². The maximum absolute atomic E-state index is 12.4. The van der Waals surface area contributed by atoms with Gasteiger partial charge in [-0.1, -0.05) is 18.2 Å². The van der Waals surface area contributed by atoms with E-state index in [1.165, 1.54) is 0 Å². The second-order valence-corrected chi connectivity index (χ2v) is 6.62. The zero-order valence-corrected chi connectivity index (χ0v) is 14.6. The highest BCUT2D eigenvalue weighted by molar-refractivity contribution is 5.97. The van der Waals surface area contributed by atoms with E-state index < -0.39 is 5.60 Å². The number of fused-ring (bicyclic) bond motifs is 1. The number of ether oxygens (including phenoxy) is 1. The second kappa shape index (κ2) is 7.59. The molecule has 0 bridgehead atoms. The topological polar surface area (TPSA) is 87.7 Å². The number of hydrogen-bond donors (Lipinski definition) is 2. The highest BCUT2D eigenvalue weighted by atomic mass is 16.5. The van der Waals surface area contributed by atoms with Gasteiger partial charge < -0.3 is 20.3 Å². The number of amides is 3. The lowest BCUT2D eigenvalue weighted by atomic mass is 9.94. The predicted molar refractivity (Wildman–Crippen MR) is 95.8 cm³/mol. The van der Waals surface area contributed by atoms with Gasteiger partial charge in [0, 0.05) is 25.9 Å². The average molecular weight is 357 g/mol. The molecule has 138 valence electrons. The number of nitrogens with one attached hydrogen (secondary N) is 2. The van der Waals surface area contributed by atoms with Gasteiger partial charge >= 0.3 is 0 Å². The first-order valence-corrected chi connectivity index (χ1v) is 8.75. The summed E-state index contributed by atoms with van der Waals surface area (Å²) < 4.78 is 6.23. The number of benzene rings is 1. The number of likely N-dealkylation sites (tertiary alicyclic amines) is 1. The van der Waals surface area contributed by atoms with Gasteiger partial charge in [-0.05, 0) is 18.6 Å². The molecule has 1 fully saturated rings. The minimum absolute atomic E-state index is 0.0195. The molecular formula is C19H23N3O4. The highest BCUT2D eigenvalue weighted by Gasteiger charge is 2.40. The van der Waals surface area contributed by atoms with Crippen LogP contribution in [-0.4, -0.2) is 54.4 Å². The minimum Gasteiger partial charge on any atom is -0.485 e. The van der Waals surface area contributed by atoms with E-state index in [0.29, 0.717) is 43.8 Å². The third-order valence-electron chi connectivity index (χ3n) is 4.79. The fraction of sp³-hybridized carbons (Fsp3) is 0.421. The summed E-state index contributed by atoms with van der Waals surface area (Å²) in [5, 5.41) is 5.58. The molecule has 3 rings (SSSR count). The Bertz CT molecular complexity index is 733. The van der Waals surface area contributed by atoms with Gasteiger partial charge in [-0.15, -0.1) is 6.58 Å².